The van der Waals surface area contributed by atoms with Crippen molar-refractivity contribution in [1.29, 1.82) is 0 Å². The van der Waals surface area contributed by atoms with E-state index in [2.05, 4.69) is 10.6 Å². The number of carbonyl (C=O) groups is 2. The van der Waals surface area contributed by atoms with Gasteiger partial charge in [-0.05, 0) is 18.1 Å². The molecule has 0 spiro atoms. The van der Waals surface area contributed by atoms with Gasteiger partial charge in [0.2, 0.25) is 5.91 Å². The van der Waals surface area contributed by atoms with Gasteiger partial charge in [0, 0.05) is 23.9 Å². The summed E-state index contributed by atoms with van der Waals surface area (Å²) in [6.07, 6.45) is 0. The minimum atomic E-state index is -0.744. The zero-order valence-electron chi connectivity index (χ0n) is 15.7. The number of benzene rings is 2. The van der Waals surface area contributed by atoms with Crippen LogP contribution in [0.4, 0.5) is 5.69 Å². The molecule has 27 heavy (non-hydrogen) atoms. The minimum Gasteiger partial charge on any atom is -0.497 e. The first-order chi connectivity index (χ1) is 12.8. The van der Waals surface area contributed by atoms with Crippen molar-refractivity contribution in [1.82, 2.24) is 5.32 Å². The average Bonchev–Trinajstić information content (AvgIpc) is 2.65. The maximum atomic E-state index is 12.8. The van der Waals surface area contributed by atoms with Gasteiger partial charge in [0.05, 0.1) is 24.8 Å². The second-order valence-corrected chi connectivity index (χ2v) is 6.67. The van der Waals surface area contributed by atoms with E-state index >= 15 is 0 Å². The Morgan fingerprint density at radius 2 is 1.59 bits per heavy atom. The Hall–Kier alpha value is -2.73. The maximum Gasteiger partial charge on any atom is 0.253 e. The molecule has 0 aliphatic heterocycles. The van der Waals surface area contributed by atoms with E-state index in [9.17, 15) is 9.59 Å². The minimum absolute atomic E-state index is 0.135. The third-order valence-corrected chi connectivity index (χ3v) is 4.30. The highest BCUT2D eigenvalue weighted by Crippen LogP contribution is 2.26. The summed E-state index contributed by atoms with van der Waals surface area (Å²) >= 11 is 6.07. The summed E-state index contributed by atoms with van der Waals surface area (Å²) in [5.41, 5.74) is 0.828. The SMILES string of the molecule is COc1cc(NC(=O)[C@@H](NC(=O)c2ccccc2Cl)C(C)C)cc(OC)c1. The highest BCUT2D eigenvalue weighted by Gasteiger charge is 2.25. The molecule has 0 bridgehead atoms. The number of amides is 2. The van der Waals surface area contributed by atoms with Gasteiger partial charge in [-0.1, -0.05) is 37.6 Å². The highest BCUT2D eigenvalue weighted by molar-refractivity contribution is 6.33. The first-order valence-corrected chi connectivity index (χ1v) is 8.82. The normalized spacial score (nSPS) is 11.6. The van der Waals surface area contributed by atoms with Crippen LogP contribution < -0.4 is 20.1 Å². The topological polar surface area (TPSA) is 76.7 Å². The largest absolute Gasteiger partial charge is 0.497 e. The van der Waals surface area contributed by atoms with E-state index in [1.165, 1.54) is 14.2 Å². The van der Waals surface area contributed by atoms with Crippen LogP contribution in [0, 0.1) is 5.92 Å². The number of halogens is 1. The van der Waals surface area contributed by atoms with Crippen LogP contribution in [0.25, 0.3) is 0 Å². The summed E-state index contributed by atoms with van der Waals surface area (Å²) < 4.78 is 10.4. The first-order valence-electron chi connectivity index (χ1n) is 8.45. The molecule has 0 saturated carbocycles. The van der Waals surface area contributed by atoms with Crippen molar-refractivity contribution in [2.45, 2.75) is 19.9 Å². The van der Waals surface area contributed by atoms with Gasteiger partial charge in [-0.15, -0.1) is 0 Å². The second kappa shape index (κ2) is 9.28. The molecule has 1 atom stereocenters. The molecule has 0 radical (unpaired) electrons. The number of hydrogen-bond acceptors (Lipinski definition) is 4. The zero-order chi connectivity index (χ0) is 20.0. The van der Waals surface area contributed by atoms with E-state index in [0.29, 0.717) is 27.8 Å². The van der Waals surface area contributed by atoms with Crippen LogP contribution in [-0.4, -0.2) is 32.1 Å². The molecule has 2 rings (SSSR count). The first kappa shape index (κ1) is 20.6. The number of carbonyl (C=O) groups excluding carboxylic acids is 2. The predicted molar refractivity (Wildman–Crippen MR) is 106 cm³/mol. The van der Waals surface area contributed by atoms with Crippen molar-refractivity contribution in [2.75, 3.05) is 19.5 Å². The fourth-order valence-corrected chi connectivity index (χ4v) is 2.72. The molecule has 0 heterocycles. The molecule has 0 aliphatic rings. The Bertz CT molecular complexity index is 801. The van der Waals surface area contributed by atoms with Gasteiger partial charge in [-0.2, -0.15) is 0 Å². The van der Waals surface area contributed by atoms with E-state index < -0.39 is 11.9 Å². The number of hydrogen-bond donors (Lipinski definition) is 2. The van der Waals surface area contributed by atoms with Crippen molar-refractivity contribution >= 4 is 29.1 Å². The molecule has 0 aliphatic carbocycles. The van der Waals surface area contributed by atoms with Crippen LogP contribution in [0.3, 0.4) is 0 Å². The molecule has 0 aromatic heterocycles. The summed E-state index contributed by atoms with van der Waals surface area (Å²) in [7, 11) is 3.06. The van der Waals surface area contributed by atoms with Gasteiger partial charge in [0.1, 0.15) is 17.5 Å². The summed E-state index contributed by atoms with van der Waals surface area (Å²) in [6, 6.07) is 11.0. The number of rotatable bonds is 7. The number of ether oxygens (including phenoxy) is 2. The van der Waals surface area contributed by atoms with Gasteiger partial charge in [0.15, 0.2) is 0 Å². The van der Waals surface area contributed by atoms with Crippen molar-refractivity contribution < 1.29 is 19.1 Å². The molecule has 2 aromatic carbocycles. The van der Waals surface area contributed by atoms with Gasteiger partial charge >= 0.3 is 0 Å². The lowest BCUT2D eigenvalue weighted by Gasteiger charge is -2.22. The summed E-state index contributed by atoms with van der Waals surface area (Å²) in [6.45, 7) is 3.70. The van der Waals surface area contributed by atoms with Crippen LogP contribution in [0.5, 0.6) is 11.5 Å². The Morgan fingerprint density at radius 3 is 2.11 bits per heavy atom. The molecule has 2 amide bonds. The lowest BCUT2D eigenvalue weighted by molar-refractivity contribution is -0.118. The van der Waals surface area contributed by atoms with Crippen molar-refractivity contribution in [2.24, 2.45) is 5.92 Å². The van der Waals surface area contributed by atoms with E-state index in [1.54, 1.807) is 42.5 Å². The smallest absolute Gasteiger partial charge is 0.253 e. The van der Waals surface area contributed by atoms with Gasteiger partial charge in [0.25, 0.3) is 5.91 Å². The van der Waals surface area contributed by atoms with Crippen LogP contribution >= 0.6 is 11.6 Å². The highest BCUT2D eigenvalue weighted by atomic mass is 35.5. The third-order valence-electron chi connectivity index (χ3n) is 3.97. The van der Waals surface area contributed by atoms with Gasteiger partial charge in [-0.3, -0.25) is 9.59 Å². The van der Waals surface area contributed by atoms with E-state index in [4.69, 9.17) is 21.1 Å². The molecule has 6 nitrogen and oxygen atoms in total. The average molecular weight is 391 g/mol. The van der Waals surface area contributed by atoms with Crippen molar-refractivity contribution in [3.05, 3.63) is 53.1 Å². The van der Waals surface area contributed by atoms with Crippen LogP contribution in [0.1, 0.15) is 24.2 Å². The van der Waals surface area contributed by atoms with E-state index in [0.717, 1.165) is 0 Å². The Kier molecular flexibility index (Phi) is 7.07. The number of anilines is 1. The zero-order valence-corrected chi connectivity index (χ0v) is 16.5. The number of methoxy groups -OCH3 is 2. The monoisotopic (exact) mass is 390 g/mol. The molecule has 2 aromatic rings. The van der Waals surface area contributed by atoms with Gasteiger partial charge < -0.3 is 20.1 Å². The lowest BCUT2D eigenvalue weighted by Crippen LogP contribution is -2.47. The fourth-order valence-electron chi connectivity index (χ4n) is 2.50. The summed E-state index contributed by atoms with van der Waals surface area (Å²) in [4.78, 5) is 25.3. The maximum absolute atomic E-state index is 12.8. The molecule has 2 N–H and O–H groups in total. The third kappa shape index (κ3) is 5.37. The van der Waals surface area contributed by atoms with Gasteiger partial charge in [-0.25, -0.2) is 0 Å². The Morgan fingerprint density at radius 1 is 1.00 bits per heavy atom. The fraction of sp³-hybridized carbons (Fsp3) is 0.300. The number of nitrogens with one attached hydrogen (secondary N) is 2. The summed E-state index contributed by atoms with van der Waals surface area (Å²) in [5, 5.41) is 5.88. The molecular weight excluding hydrogens is 368 g/mol. The molecular formula is C20H23ClN2O4. The quantitative estimate of drug-likeness (QED) is 0.754. The predicted octanol–water partition coefficient (Wildman–Crippen LogP) is 3.75. The lowest BCUT2D eigenvalue weighted by atomic mass is 10.0. The summed E-state index contributed by atoms with van der Waals surface area (Å²) in [5.74, 6) is 0.207. The Balaban J connectivity index is 2.18. The van der Waals surface area contributed by atoms with E-state index in [-0.39, 0.29) is 11.8 Å². The molecule has 0 saturated heterocycles. The van der Waals surface area contributed by atoms with Crippen LogP contribution in [-0.2, 0) is 4.79 Å². The van der Waals surface area contributed by atoms with Crippen LogP contribution in [0.15, 0.2) is 42.5 Å². The van der Waals surface area contributed by atoms with Crippen LogP contribution in [0.2, 0.25) is 5.02 Å². The van der Waals surface area contributed by atoms with Crippen molar-refractivity contribution in [3.8, 4) is 11.5 Å². The molecule has 0 fully saturated rings. The van der Waals surface area contributed by atoms with Crippen molar-refractivity contribution in [3.63, 3.8) is 0 Å². The Labute approximate surface area is 163 Å². The van der Waals surface area contributed by atoms with E-state index in [1.807, 2.05) is 13.8 Å². The molecule has 7 heteroatoms. The standard InChI is InChI=1S/C20H23ClN2O4/c1-12(2)18(23-19(24)16-7-5-6-8-17(16)21)20(25)22-13-9-14(26-3)11-15(10-13)27-4/h5-12,18H,1-4H3,(H,22,25)(H,23,24)/t18-/m0/s1. The molecule has 144 valence electrons. The second-order valence-electron chi connectivity index (χ2n) is 6.27. The molecule has 0 unspecified atom stereocenters.